The number of hydrogen-bond acceptors (Lipinski definition) is 5. The number of aliphatic imine (C=N–C) groups is 1. The Balaban J connectivity index is 0.00000306. The number of aromatic nitrogens is 3. The van der Waals surface area contributed by atoms with Crippen molar-refractivity contribution in [1.29, 1.82) is 0 Å². The summed E-state index contributed by atoms with van der Waals surface area (Å²) in [7, 11) is 0. The van der Waals surface area contributed by atoms with Gasteiger partial charge in [-0.05, 0) is 43.9 Å². The maximum absolute atomic E-state index is 11.6. The van der Waals surface area contributed by atoms with Crippen LogP contribution in [0.4, 0.5) is 0 Å². The minimum atomic E-state index is -0.181. The number of carbonyl (C=O) groups excluding carboxylic acids is 1. The fourth-order valence-corrected chi connectivity index (χ4v) is 4.56. The molecule has 1 aromatic heterocycles. The molecule has 10 heteroatoms. The second-order valence-electron chi connectivity index (χ2n) is 8.73. The van der Waals surface area contributed by atoms with Crippen molar-refractivity contribution in [2.75, 3.05) is 19.6 Å². The van der Waals surface area contributed by atoms with Gasteiger partial charge in [-0.2, -0.15) is 5.10 Å². The highest BCUT2D eigenvalue weighted by Gasteiger charge is 2.24. The van der Waals surface area contributed by atoms with Gasteiger partial charge >= 0.3 is 0 Å². The smallest absolute Gasteiger partial charge is 0.221 e. The van der Waals surface area contributed by atoms with Gasteiger partial charge in [-0.15, -0.1) is 24.0 Å². The molecule has 2 aromatic rings. The van der Waals surface area contributed by atoms with Crippen LogP contribution in [0.1, 0.15) is 43.1 Å². The van der Waals surface area contributed by atoms with Crippen molar-refractivity contribution in [1.82, 2.24) is 30.3 Å². The predicted octanol–water partition coefficient (Wildman–Crippen LogP) is 1.66. The van der Waals surface area contributed by atoms with Gasteiger partial charge in [-0.25, -0.2) is 14.7 Å². The zero-order valence-electron chi connectivity index (χ0n) is 19.2. The van der Waals surface area contributed by atoms with Crippen LogP contribution >= 0.6 is 24.0 Å². The van der Waals surface area contributed by atoms with Gasteiger partial charge in [0.2, 0.25) is 5.91 Å². The van der Waals surface area contributed by atoms with E-state index < -0.39 is 0 Å². The summed E-state index contributed by atoms with van der Waals surface area (Å²) in [6, 6.07) is 8.83. The van der Waals surface area contributed by atoms with E-state index in [0.717, 1.165) is 70.2 Å². The third-order valence-electron chi connectivity index (χ3n) is 6.22. The summed E-state index contributed by atoms with van der Waals surface area (Å²) in [4.78, 5) is 23.0. The van der Waals surface area contributed by atoms with Crippen LogP contribution in [0.2, 0.25) is 0 Å². The Hall–Kier alpha value is -2.21. The molecule has 3 heterocycles. The van der Waals surface area contributed by atoms with Crippen molar-refractivity contribution in [2.24, 2.45) is 16.6 Å². The molecule has 2 unspecified atom stereocenters. The van der Waals surface area contributed by atoms with E-state index in [-0.39, 0.29) is 41.8 Å². The van der Waals surface area contributed by atoms with E-state index in [4.69, 9.17) is 10.7 Å². The first-order valence-electron chi connectivity index (χ1n) is 11.6. The Morgan fingerprint density at radius 1 is 1.27 bits per heavy atom. The van der Waals surface area contributed by atoms with Gasteiger partial charge in [0.1, 0.15) is 12.2 Å². The number of rotatable bonds is 7. The Kier molecular flexibility index (Phi) is 9.48. The number of primary amides is 1. The minimum Gasteiger partial charge on any atom is -0.369 e. The van der Waals surface area contributed by atoms with Crippen LogP contribution < -0.4 is 16.4 Å². The number of amides is 1. The number of likely N-dealkylation sites (tertiary alicyclic amines) is 1. The van der Waals surface area contributed by atoms with E-state index in [9.17, 15) is 4.79 Å². The first-order chi connectivity index (χ1) is 15.6. The second kappa shape index (κ2) is 12.3. The van der Waals surface area contributed by atoms with E-state index in [1.165, 1.54) is 11.1 Å². The van der Waals surface area contributed by atoms with Crippen LogP contribution in [0, 0.1) is 5.92 Å². The number of hydrogen-bond donors (Lipinski definition) is 3. The summed E-state index contributed by atoms with van der Waals surface area (Å²) in [5.74, 6) is 1.67. The number of guanidine groups is 1. The maximum Gasteiger partial charge on any atom is 0.221 e. The van der Waals surface area contributed by atoms with Gasteiger partial charge in [-0.1, -0.05) is 24.3 Å². The largest absolute Gasteiger partial charge is 0.369 e. The fraction of sp³-hybridized carbons (Fsp3) is 0.565. The summed E-state index contributed by atoms with van der Waals surface area (Å²) in [6.45, 7) is 6.89. The number of nitrogens with zero attached hydrogens (tertiary/aromatic N) is 5. The van der Waals surface area contributed by atoms with Crippen molar-refractivity contribution < 1.29 is 4.79 Å². The molecule has 2 atom stereocenters. The number of piperidine rings is 1. The molecule has 1 fully saturated rings. The molecule has 33 heavy (non-hydrogen) atoms. The van der Waals surface area contributed by atoms with E-state index in [1.807, 2.05) is 4.68 Å². The average Bonchev–Trinajstić information content (AvgIpc) is 3.26. The standard InChI is InChI=1S/C23H34N8O.HI/c1-2-25-23(29-20-8-9-21-27-16-28-31(21)15-20)26-12-17-5-3-6-18(11-17)13-30-10-4-7-19(14-30)22(24)32;/h3,5-6,11,16,19-20H,2,4,7-10,12-15H2,1H3,(H2,24,32)(H2,25,26,29);1H. The Morgan fingerprint density at radius 3 is 2.94 bits per heavy atom. The molecule has 2 aliphatic heterocycles. The lowest BCUT2D eigenvalue weighted by Crippen LogP contribution is -2.47. The minimum absolute atomic E-state index is 0. The van der Waals surface area contributed by atoms with Gasteiger partial charge in [0.05, 0.1) is 19.0 Å². The normalized spacial score (nSPS) is 21.1. The fourth-order valence-electron chi connectivity index (χ4n) is 4.56. The van der Waals surface area contributed by atoms with Gasteiger partial charge in [0.25, 0.3) is 0 Å². The number of nitrogens with one attached hydrogen (secondary N) is 2. The first-order valence-corrected chi connectivity index (χ1v) is 11.6. The topological polar surface area (TPSA) is 113 Å². The highest BCUT2D eigenvalue weighted by molar-refractivity contribution is 14.0. The molecule has 2 aliphatic rings. The number of fused-ring (bicyclic) bond motifs is 1. The van der Waals surface area contributed by atoms with Crippen molar-refractivity contribution in [3.63, 3.8) is 0 Å². The molecule has 0 spiro atoms. The summed E-state index contributed by atoms with van der Waals surface area (Å²) in [5, 5.41) is 11.2. The maximum atomic E-state index is 11.6. The Labute approximate surface area is 212 Å². The SMILES string of the molecule is CCNC(=NCc1cccc(CN2CCCC(C(N)=O)C2)c1)NC1CCc2ncnn2C1.I. The predicted molar refractivity (Wildman–Crippen MR) is 139 cm³/mol. The molecule has 180 valence electrons. The lowest BCUT2D eigenvalue weighted by atomic mass is 9.97. The van der Waals surface area contributed by atoms with Gasteiger partial charge < -0.3 is 16.4 Å². The number of aryl methyl sites for hydroxylation is 1. The molecule has 1 saturated heterocycles. The molecule has 1 aromatic carbocycles. The van der Waals surface area contributed by atoms with Crippen molar-refractivity contribution in [3.05, 3.63) is 47.5 Å². The highest BCUT2D eigenvalue weighted by atomic mass is 127. The van der Waals surface area contributed by atoms with Gasteiger partial charge in [-0.3, -0.25) is 9.69 Å². The van der Waals surface area contributed by atoms with Crippen LogP contribution in [0.3, 0.4) is 0 Å². The van der Waals surface area contributed by atoms with Crippen molar-refractivity contribution in [2.45, 2.75) is 58.3 Å². The summed E-state index contributed by atoms with van der Waals surface area (Å²) in [6.07, 6.45) is 5.49. The van der Waals surface area contributed by atoms with Crippen LogP contribution in [0.15, 0.2) is 35.6 Å². The molecule has 0 saturated carbocycles. The van der Waals surface area contributed by atoms with Crippen LogP contribution in [0.5, 0.6) is 0 Å². The number of nitrogens with two attached hydrogens (primary N) is 1. The van der Waals surface area contributed by atoms with Crippen molar-refractivity contribution in [3.8, 4) is 0 Å². The zero-order valence-corrected chi connectivity index (χ0v) is 21.6. The molecule has 1 amide bonds. The third kappa shape index (κ3) is 7.13. The Morgan fingerprint density at radius 2 is 2.12 bits per heavy atom. The molecule has 0 bridgehead atoms. The quantitative estimate of drug-likeness (QED) is 0.267. The van der Waals surface area contributed by atoms with E-state index in [2.05, 4.69) is 56.8 Å². The number of carbonyl (C=O) groups is 1. The van der Waals surface area contributed by atoms with Crippen LogP contribution in [-0.4, -0.2) is 57.2 Å². The second-order valence-corrected chi connectivity index (χ2v) is 8.73. The number of halogens is 1. The Bertz CT molecular complexity index is 946. The molecule has 4 rings (SSSR count). The van der Waals surface area contributed by atoms with Crippen LogP contribution in [0.25, 0.3) is 0 Å². The highest BCUT2D eigenvalue weighted by Crippen LogP contribution is 2.19. The van der Waals surface area contributed by atoms with Crippen molar-refractivity contribution >= 4 is 35.8 Å². The van der Waals surface area contributed by atoms with Crippen LogP contribution in [-0.2, 0) is 30.8 Å². The third-order valence-corrected chi connectivity index (χ3v) is 6.22. The molecular weight excluding hydrogens is 531 g/mol. The van der Waals surface area contributed by atoms with E-state index in [0.29, 0.717) is 6.54 Å². The molecule has 0 radical (unpaired) electrons. The number of benzene rings is 1. The first kappa shape index (κ1) is 25.4. The summed E-state index contributed by atoms with van der Waals surface area (Å²) < 4.78 is 1.97. The lowest BCUT2D eigenvalue weighted by Gasteiger charge is -2.31. The van der Waals surface area contributed by atoms with Gasteiger partial charge in [0.15, 0.2) is 5.96 Å². The molecule has 0 aliphatic carbocycles. The monoisotopic (exact) mass is 566 g/mol. The van der Waals surface area contributed by atoms with E-state index in [1.54, 1.807) is 6.33 Å². The summed E-state index contributed by atoms with van der Waals surface area (Å²) in [5.41, 5.74) is 7.94. The average molecular weight is 566 g/mol. The summed E-state index contributed by atoms with van der Waals surface area (Å²) >= 11 is 0. The molecule has 9 nitrogen and oxygen atoms in total. The van der Waals surface area contributed by atoms with Gasteiger partial charge in [0, 0.05) is 32.1 Å². The molecular formula is C23H35IN8O. The zero-order chi connectivity index (χ0) is 22.3. The van der Waals surface area contributed by atoms with E-state index >= 15 is 0 Å². The lowest BCUT2D eigenvalue weighted by molar-refractivity contribution is -0.123. The molecule has 4 N–H and O–H groups in total.